The zero-order valence-electron chi connectivity index (χ0n) is 15.0. The standard InChI is InChI=1S/C21H22N2O2/c1-5-23-20(24)18(16-10-7-13(2)8-11-16)19(21(23)25)22-17-12-14(3)6-9-15(17)4/h6-12,22H,5H2,1-4H3. The van der Waals surface area contributed by atoms with Crippen LogP contribution in [0, 0.1) is 20.8 Å². The zero-order chi connectivity index (χ0) is 18.1. The lowest BCUT2D eigenvalue weighted by Crippen LogP contribution is -2.32. The average Bonchev–Trinajstić information content (AvgIpc) is 2.82. The van der Waals surface area contributed by atoms with Gasteiger partial charge in [0, 0.05) is 12.2 Å². The van der Waals surface area contributed by atoms with Crippen molar-refractivity contribution in [3.8, 4) is 0 Å². The van der Waals surface area contributed by atoms with Gasteiger partial charge in [-0.15, -0.1) is 0 Å². The Labute approximate surface area is 148 Å². The molecule has 1 aliphatic rings. The summed E-state index contributed by atoms with van der Waals surface area (Å²) in [6.45, 7) is 8.13. The van der Waals surface area contributed by atoms with Gasteiger partial charge in [-0.2, -0.15) is 0 Å². The maximum atomic E-state index is 12.8. The largest absolute Gasteiger partial charge is 0.350 e. The zero-order valence-corrected chi connectivity index (χ0v) is 15.0. The topological polar surface area (TPSA) is 49.4 Å². The van der Waals surface area contributed by atoms with Gasteiger partial charge in [0.05, 0.1) is 5.57 Å². The summed E-state index contributed by atoms with van der Waals surface area (Å²) in [6, 6.07) is 13.7. The third-order valence-electron chi connectivity index (χ3n) is 4.48. The Morgan fingerprint density at radius 2 is 1.52 bits per heavy atom. The van der Waals surface area contributed by atoms with E-state index in [0.717, 1.165) is 27.9 Å². The number of nitrogens with one attached hydrogen (secondary N) is 1. The molecule has 3 rings (SSSR count). The summed E-state index contributed by atoms with van der Waals surface area (Å²) in [7, 11) is 0. The smallest absolute Gasteiger partial charge is 0.278 e. The molecule has 0 atom stereocenters. The van der Waals surface area contributed by atoms with Gasteiger partial charge in [-0.3, -0.25) is 14.5 Å². The quantitative estimate of drug-likeness (QED) is 0.865. The SMILES string of the molecule is CCN1C(=O)C(Nc2cc(C)ccc2C)=C(c2ccc(C)cc2)C1=O. The fraction of sp³-hybridized carbons (Fsp3) is 0.238. The molecule has 0 bridgehead atoms. The molecule has 1 N–H and O–H groups in total. The Morgan fingerprint density at radius 3 is 2.16 bits per heavy atom. The first-order chi connectivity index (χ1) is 11.9. The van der Waals surface area contributed by atoms with E-state index in [0.29, 0.717) is 17.8 Å². The van der Waals surface area contributed by atoms with Gasteiger partial charge < -0.3 is 5.32 Å². The summed E-state index contributed by atoms with van der Waals surface area (Å²) in [5.41, 5.74) is 5.62. The normalized spacial score (nSPS) is 14.5. The van der Waals surface area contributed by atoms with Crippen LogP contribution < -0.4 is 5.32 Å². The molecule has 0 aliphatic carbocycles. The molecule has 1 heterocycles. The first-order valence-corrected chi connectivity index (χ1v) is 8.44. The average molecular weight is 334 g/mol. The van der Waals surface area contributed by atoms with Crippen molar-refractivity contribution < 1.29 is 9.59 Å². The summed E-state index contributed by atoms with van der Waals surface area (Å²) in [5, 5.41) is 3.23. The number of imide groups is 1. The van der Waals surface area contributed by atoms with Gasteiger partial charge >= 0.3 is 0 Å². The summed E-state index contributed by atoms with van der Waals surface area (Å²) >= 11 is 0. The van der Waals surface area contributed by atoms with Crippen molar-refractivity contribution in [2.45, 2.75) is 27.7 Å². The van der Waals surface area contributed by atoms with Gasteiger partial charge in [-0.05, 0) is 50.5 Å². The number of rotatable bonds is 4. The Kier molecular flexibility index (Phi) is 4.45. The summed E-state index contributed by atoms with van der Waals surface area (Å²) in [5.74, 6) is -0.520. The van der Waals surface area contributed by atoms with Crippen molar-refractivity contribution in [1.82, 2.24) is 4.90 Å². The van der Waals surface area contributed by atoms with E-state index in [1.807, 2.05) is 70.2 Å². The van der Waals surface area contributed by atoms with Gasteiger partial charge in [0.2, 0.25) is 0 Å². The number of aryl methyl sites for hydroxylation is 3. The number of hydrogen-bond acceptors (Lipinski definition) is 3. The predicted molar refractivity (Wildman–Crippen MR) is 100 cm³/mol. The minimum atomic E-state index is -0.274. The van der Waals surface area contributed by atoms with Crippen LogP contribution in [0.15, 0.2) is 48.2 Å². The molecular formula is C21H22N2O2. The minimum absolute atomic E-state index is 0.246. The van der Waals surface area contributed by atoms with E-state index >= 15 is 0 Å². The lowest BCUT2D eigenvalue weighted by atomic mass is 10.0. The first-order valence-electron chi connectivity index (χ1n) is 8.44. The first kappa shape index (κ1) is 17.0. The van der Waals surface area contributed by atoms with Crippen molar-refractivity contribution >= 4 is 23.1 Å². The molecule has 4 heteroatoms. The van der Waals surface area contributed by atoms with Crippen molar-refractivity contribution in [2.75, 3.05) is 11.9 Å². The number of benzene rings is 2. The predicted octanol–water partition coefficient (Wildman–Crippen LogP) is 3.82. The van der Waals surface area contributed by atoms with Gasteiger partial charge in [-0.1, -0.05) is 42.0 Å². The molecule has 25 heavy (non-hydrogen) atoms. The van der Waals surface area contributed by atoms with Crippen LogP contribution >= 0.6 is 0 Å². The van der Waals surface area contributed by atoms with Crippen LogP contribution in [0.25, 0.3) is 5.57 Å². The molecule has 1 aliphatic heterocycles. The van der Waals surface area contributed by atoms with Gasteiger partial charge in [0.15, 0.2) is 0 Å². The number of carbonyl (C=O) groups is 2. The third kappa shape index (κ3) is 3.07. The van der Waals surface area contributed by atoms with Crippen LogP contribution in [0.5, 0.6) is 0 Å². The number of anilines is 1. The monoisotopic (exact) mass is 334 g/mol. The molecule has 0 saturated heterocycles. The van der Waals surface area contributed by atoms with E-state index in [-0.39, 0.29) is 11.8 Å². The highest BCUT2D eigenvalue weighted by Gasteiger charge is 2.38. The lowest BCUT2D eigenvalue weighted by molar-refractivity contribution is -0.136. The number of hydrogen-bond donors (Lipinski definition) is 1. The third-order valence-corrected chi connectivity index (χ3v) is 4.48. The summed E-state index contributed by atoms with van der Waals surface area (Å²) in [6.07, 6.45) is 0. The second kappa shape index (κ2) is 6.55. The molecule has 4 nitrogen and oxygen atoms in total. The number of nitrogens with zero attached hydrogens (tertiary/aromatic N) is 1. The number of likely N-dealkylation sites (N-methyl/N-ethyl adjacent to an activating group) is 1. The fourth-order valence-corrected chi connectivity index (χ4v) is 2.97. The summed E-state index contributed by atoms with van der Waals surface area (Å²) in [4.78, 5) is 26.9. The lowest BCUT2D eigenvalue weighted by Gasteiger charge is -2.13. The van der Waals surface area contributed by atoms with Crippen molar-refractivity contribution in [3.63, 3.8) is 0 Å². The Hall–Kier alpha value is -2.88. The fourth-order valence-electron chi connectivity index (χ4n) is 2.97. The second-order valence-corrected chi connectivity index (χ2v) is 6.41. The molecule has 128 valence electrons. The molecule has 0 aromatic heterocycles. The molecule has 2 aromatic carbocycles. The summed E-state index contributed by atoms with van der Waals surface area (Å²) < 4.78 is 0. The number of amides is 2. The van der Waals surface area contributed by atoms with Crippen LogP contribution in [0.3, 0.4) is 0 Å². The molecule has 0 saturated carbocycles. The minimum Gasteiger partial charge on any atom is -0.350 e. The Balaban J connectivity index is 2.12. The van der Waals surface area contributed by atoms with Crippen LogP contribution in [0.2, 0.25) is 0 Å². The van der Waals surface area contributed by atoms with Crippen LogP contribution in [0.1, 0.15) is 29.2 Å². The molecular weight excluding hydrogens is 312 g/mol. The van der Waals surface area contributed by atoms with E-state index in [1.165, 1.54) is 4.90 Å². The van der Waals surface area contributed by atoms with Gasteiger partial charge in [0.1, 0.15) is 5.70 Å². The molecule has 0 radical (unpaired) electrons. The molecule has 0 fully saturated rings. The highest BCUT2D eigenvalue weighted by atomic mass is 16.2. The number of carbonyl (C=O) groups excluding carboxylic acids is 2. The van der Waals surface area contributed by atoms with Gasteiger partial charge in [-0.25, -0.2) is 0 Å². The van der Waals surface area contributed by atoms with E-state index in [4.69, 9.17) is 0 Å². The highest BCUT2D eigenvalue weighted by molar-refractivity contribution is 6.36. The van der Waals surface area contributed by atoms with Crippen LogP contribution in [0.4, 0.5) is 5.69 Å². The van der Waals surface area contributed by atoms with Crippen molar-refractivity contribution in [1.29, 1.82) is 0 Å². The maximum absolute atomic E-state index is 12.8. The maximum Gasteiger partial charge on any atom is 0.278 e. The van der Waals surface area contributed by atoms with E-state index < -0.39 is 0 Å². The highest BCUT2D eigenvalue weighted by Crippen LogP contribution is 2.31. The van der Waals surface area contributed by atoms with Crippen LogP contribution in [-0.2, 0) is 9.59 Å². The van der Waals surface area contributed by atoms with E-state index in [2.05, 4.69) is 5.32 Å². The second-order valence-electron chi connectivity index (χ2n) is 6.41. The molecule has 2 amide bonds. The molecule has 2 aromatic rings. The van der Waals surface area contributed by atoms with Gasteiger partial charge in [0.25, 0.3) is 11.8 Å². The van der Waals surface area contributed by atoms with E-state index in [1.54, 1.807) is 0 Å². The molecule has 0 spiro atoms. The van der Waals surface area contributed by atoms with E-state index in [9.17, 15) is 9.59 Å². The van der Waals surface area contributed by atoms with Crippen molar-refractivity contribution in [3.05, 3.63) is 70.4 Å². The van der Waals surface area contributed by atoms with Crippen LogP contribution in [-0.4, -0.2) is 23.3 Å². The Bertz CT molecular complexity index is 879. The molecule has 0 unspecified atom stereocenters. The van der Waals surface area contributed by atoms with Crippen molar-refractivity contribution in [2.24, 2.45) is 0 Å². The Morgan fingerprint density at radius 1 is 0.880 bits per heavy atom.